The molecule has 3 rings (SSSR count). The molecule has 2 saturated carbocycles. The molecule has 1 N–H and O–H groups in total. The second kappa shape index (κ2) is 3.04. The van der Waals surface area contributed by atoms with Gasteiger partial charge in [-0.3, -0.25) is 4.68 Å². The van der Waals surface area contributed by atoms with Crippen LogP contribution in [0.1, 0.15) is 25.0 Å². The molecular formula is C11H17N3O. The predicted molar refractivity (Wildman–Crippen MR) is 55.1 cm³/mol. The minimum Gasteiger partial charge on any atom is -0.396 e. The van der Waals surface area contributed by atoms with Crippen molar-refractivity contribution in [3.63, 3.8) is 0 Å². The van der Waals surface area contributed by atoms with Gasteiger partial charge in [0.25, 0.3) is 0 Å². The fraction of sp³-hybridized carbons (Fsp3) is 0.818. The minimum absolute atomic E-state index is 0.115. The molecule has 0 spiro atoms. The first-order chi connectivity index (χ1) is 7.21. The van der Waals surface area contributed by atoms with Crippen LogP contribution < -0.4 is 0 Å². The van der Waals surface area contributed by atoms with E-state index in [1.54, 1.807) is 4.68 Å². The van der Waals surface area contributed by atoms with E-state index in [1.807, 2.05) is 13.2 Å². The zero-order valence-corrected chi connectivity index (χ0v) is 9.06. The van der Waals surface area contributed by atoms with Crippen molar-refractivity contribution in [2.45, 2.75) is 25.7 Å². The third kappa shape index (κ3) is 1.57. The van der Waals surface area contributed by atoms with Gasteiger partial charge in [0.15, 0.2) is 0 Å². The summed E-state index contributed by atoms with van der Waals surface area (Å²) in [7, 11) is 1.88. The molecule has 2 fully saturated rings. The average Bonchev–Trinajstić information content (AvgIpc) is 2.65. The van der Waals surface area contributed by atoms with Crippen LogP contribution >= 0.6 is 0 Å². The first-order valence-electron chi connectivity index (χ1n) is 5.67. The van der Waals surface area contributed by atoms with Crippen molar-refractivity contribution in [3.8, 4) is 0 Å². The van der Waals surface area contributed by atoms with Gasteiger partial charge in [-0.2, -0.15) is 0 Å². The van der Waals surface area contributed by atoms with Crippen LogP contribution in [0.15, 0.2) is 6.20 Å². The number of hydrogen-bond acceptors (Lipinski definition) is 3. The van der Waals surface area contributed by atoms with Gasteiger partial charge in [0.1, 0.15) is 0 Å². The van der Waals surface area contributed by atoms with Crippen molar-refractivity contribution >= 4 is 0 Å². The third-order valence-corrected chi connectivity index (χ3v) is 4.00. The topological polar surface area (TPSA) is 50.9 Å². The first kappa shape index (κ1) is 9.33. The maximum atomic E-state index is 9.57. The van der Waals surface area contributed by atoms with Gasteiger partial charge in [0.05, 0.1) is 5.69 Å². The molecule has 0 aromatic carbocycles. The van der Waals surface area contributed by atoms with Crippen LogP contribution in [0.2, 0.25) is 0 Å². The Kier molecular flexibility index (Phi) is 1.89. The van der Waals surface area contributed by atoms with E-state index < -0.39 is 0 Å². The van der Waals surface area contributed by atoms with Gasteiger partial charge >= 0.3 is 0 Å². The van der Waals surface area contributed by atoms with E-state index in [9.17, 15) is 5.11 Å². The van der Waals surface area contributed by atoms with Gasteiger partial charge in [0.2, 0.25) is 0 Å². The molecule has 82 valence electrons. The zero-order valence-electron chi connectivity index (χ0n) is 9.06. The van der Waals surface area contributed by atoms with E-state index in [4.69, 9.17) is 0 Å². The summed E-state index contributed by atoms with van der Waals surface area (Å²) in [6, 6.07) is 0. The van der Waals surface area contributed by atoms with Gasteiger partial charge < -0.3 is 5.11 Å². The molecule has 0 radical (unpaired) electrons. The summed E-state index contributed by atoms with van der Waals surface area (Å²) < 4.78 is 1.73. The van der Waals surface area contributed by atoms with Gasteiger partial charge in [-0.15, -0.1) is 5.10 Å². The highest BCUT2D eigenvalue weighted by Gasteiger charge is 2.53. The summed E-state index contributed by atoms with van der Waals surface area (Å²) in [6.45, 7) is 0.302. The number of aliphatic hydroxyl groups excluding tert-OH is 1. The summed E-state index contributed by atoms with van der Waals surface area (Å²) in [5.74, 6) is 1.79. The van der Waals surface area contributed by atoms with Crippen molar-refractivity contribution in [1.82, 2.24) is 15.0 Å². The van der Waals surface area contributed by atoms with Crippen molar-refractivity contribution < 1.29 is 5.11 Å². The molecule has 1 aromatic heterocycles. The molecule has 2 aliphatic carbocycles. The molecule has 2 atom stereocenters. The standard InChI is InChI=1S/C11H17N3O/c1-14-6-10(12-13-14)5-11(7-15)3-8-2-9(8)4-11/h6,8-9,15H,2-5,7H2,1H3. The van der Waals surface area contributed by atoms with Crippen molar-refractivity contribution in [1.29, 1.82) is 0 Å². The number of hydrogen-bond donors (Lipinski definition) is 1. The molecule has 4 nitrogen and oxygen atoms in total. The lowest BCUT2D eigenvalue weighted by molar-refractivity contribution is 0.116. The van der Waals surface area contributed by atoms with Crippen LogP contribution in [-0.4, -0.2) is 26.7 Å². The van der Waals surface area contributed by atoms with Crippen LogP contribution in [0, 0.1) is 17.3 Å². The molecule has 0 saturated heterocycles. The molecule has 2 unspecified atom stereocenters. The number of aryl methyl sites for hydroxylation is 1. The highest BCUT2D eigenvalue weighted by Crippen LogP contribution is 2.60. The lowest BCUT2D eigenvalue weighted by atomic mass is 9.80. The maximum Gasteiger partial charge on any atom is 0.0833 e. The van der Waals surface area contributed by atoms with E-state index >= 15 is 0 Å². The number of rotatable bonds is 3. The van der Waals surface area contributed by atoms with Crippen molar-refractivity contribution in [2.24, 2.45) is 24.3 Å². The summed E-state index contributed by atoms with van der Waals surface area (Å²) in [5, 5.41) is 17.6. The molecule has 0 amide bonds. The summed E-state index contributed by atoms with van der Waals surface area (Å²) in [4.78, 5) is 0. The number of nitrogens with zero attached hydrogens (tertiary/aromatic N) is 3. The first-order valence-corrected chi connectivity index (χ1v) is 5.67. The number of aliphatic hydroxyl groups is 1. The molecule has 15 heavy (non-hydrogen) atoms. The van der Waals surface area contributed by atoms with Gasteiger partial charge in [-0.25, -0.2) is 0 Å². The minimum atomic E-state index is 0.115. The van der Waals surface area contributed by atoms with Crippen molar-refractivity contribution in [2.75, 3.05) is 6.61 Å². The van der Waals surface area contributed by atoms with E-state index in [2.05, 4.69) is 10.3 Å². The van der Waals surface area contributed by atoms with Gasteiger partial charge in [-0.1, -0.05) is 5.21 Å². The van der Waals surface area contributed by atoms with Gasteiger partial charge in [-0.05, 0) is 36.5 Å². The molecule has 0 aliphatic heterocycles. The lowest BCUT2D eigenvalue weighted by Gasteiger charge is -2.27. The van der Waals surface area contributed by atoms with Crippen LogP contribution in [0.5, 0.6) is 0 Å². The maximum absolute atomic E-state index is 9.57. The predicted octanol–water partition coefficient (Wildman–Crippen LogP) is 0.766. The fourth-order valence-corrected chi connectivity index (χ4v) is 3.20. The Morgan fingerprint density at radius 3 is 2.80 bits per heavy atom. The summed E-state index contributed by atoms with van der Waals surface area (Å²) in [5.41, 5.74) is 1.14. The smallest absolute Gasteiger partial charge is 0.0833 e. The number of aromatic nitrogens is 3. The largest absolute Gasteiger partial charge is 0.396 e. The molecule has 1 aromatic rings. The number of fused-ring (bicyclic) bond motifs is 1. The summed E-state index contributed by atoms with van der Waals surface area (Å²) in [6.07, 6.45) is 6.61. The van der Waals surface area contributed by atoms with Crippen LogP contribution in [0.4, 0.5) is 0 Å². The summed E-state index contributed by atoms with van der Waals surface area (Å²) >= 11 is 0. The Morgan fingerprint density at radius 1 is 1.53 bits per heavy atom. The second-order valence-corrected chi connectivity index (χ2v) is 5.38. The van der Waals surface area contributed by atoms with Crippen LogP contribution in [0.3, 0.4) is 0 Å². The Morgan fingerprint density at radius 2 is 2.27 bits per heavy atom. The van der Waals surface area contributed by atoms with E-state index in [1.165, 1.54) is 19.3 Å². The van der Waals surface area contributed by atoms with Gasteiger partial charge in [0, 0.05) is 26.3 Å². The molecule has 1 heterocycles. The normalized spacial score (nSPS) is 38.0. The van der Waals surface area contributed by atoms with Crippen molar-refractivity contribution in [3.05, 3.63) is 11.9 Å². The molecule has 2 aliphatic rings. The third-order valence-electron chi connectivity index (χ3n) is 4.00. The monoisotopic (exact) mass is 207 g/mol. The average molecular weight is 207 g/mol. The highest BCUT2D eigenvalue weighted by atomic mass is 16.3. The Bertz CT molecular complexity index is 364. The van der Waals surface area contributed by atoms with E-state index in [-0.39, 0.29) is 5.41 Å². The Balaban J connectivity index is 1.75. The molecular weight excluding hydrogens is 190 g/mol. The van der Waals surface area contributed by atoms with Crippen LogP contribution in [0.25, 0.3) is 0 Å². The lowest BCUT2D eigenvalue weighted by Crippen LogP contribution is -2.26. The zero-order chi connectivity index (χ0) is 10.5. The molecule has 0 bridgehead atoms. The van der Waals surface area contributed by atoms with E-state index in [0.717, 1.165) is 24.0 Å². The SMILES string of the molecule is Cn1cc(CC2(CO)CC3CC3C2)nn1. The highest BCUT2D eigenvalue weighted by molar-refractivity contribution is 5.08. The Labute approximate surface area is 89.3 Å². The second-order valence-electron chi connectivity index (χ2n) is 5.38. The Hall–Kier alpha value is -0.900. The van der Waals surface area contributed by atoms with E-state index in [0.29, 0.717) is 6.61 Å². The molecule has 4 heteroatoms. The van der Waals surface area contributed by atoms with Crippen LogP contribution in [-0.2, 0) is 13.5 Å². The fourth-order valence-electron chi connectivity index (χ4n) is 3.20. The quantitative estimate of drug-likeness (QED) is 0.796.